The zero-order chi connectivity index (χ0) is 17.7. The lowest BCUT2D eigenvalue weighted by molar-refractivity contribution is -0.0697. The first kappa shape index (κ1) is 20.1. The van der Waals surface area contributed by atoms with Crippen LogP contribution in [0.4, 0.5) is 0 Å². The molecule has 0 fully saturated rings. The summed E-state index contributed by atoms with van der Waals surface area (Å²) < 4.78 is 0. The quantitative estimate of drug-likeness (QED) is 0.642. The molecule has 3 heteroatoms. The van der Waals surface area contributed by atoms with Crippen LogP contribution in [0.15, 0.2) is 35.5 Å². The highest BCUT2D eigenvalue weighted by Gasteiger charge is 2.37. The second-order valence-corrected chi connectivity index (χ2v) is 7.63. The minimum atomic E-state index is -1.34. The van der Waals surface area contributed by atoms with E-state index in [9.17, 15) is 15.3 Å². The van der Waals surface area contributed by atoms with Crippen LogP contribution < -0.4 is 0 Å². The van der Waals surface area contributed by atoms with E-state index in [2.05, 4.69) is 19.1 Å². The Morgan fingerprint density at radius 2 is 1.65 bits per heavy atom. The smallest absolute Gasteiger partial charge is 0.111 e. The summed E-state index contributed by atoms with van der Waals surface area (Å²) >= 11 is 0. The highest BCUT2D eigenvalue weighted by molar-refractivity contribution is 5.15. The minimum absolute atomic E-state index is 0.146. The molecule has 3 atom stereocenters. The van der Waals surface area contributed by atoms with Gasteiger partial charge in [-0.25, -0.2) is 0 Å². The van der Waals surface area contributed by atoms with Crippen molar-refractivity contribution in [2.45, 2.75) is 84.0 Å². The van der Waals surface area contributed by atoms with Crippen LogP contribution in [-0.2, 0) is 0 Å². The van der Waals surface area contributed by atoms with E-state index in [1.165, 1.54) is 5.57 Å². The molecule has 3 nitrogen and oxygen atoms in total. The molecule has 0 saturated heterocycles. The Morgan fingerprint density at radius 1 is 1.04 bits per heavy atom. The molecule has 0 aromatic carbocycles. The molecule has 1 rings (SSSR count). The van der Waals surface area contributed by atoms with Gasteiger partial charge in [-0.05, 0) is 58.8 Å². The van der Waals surface area contributed by atoms with Gasteiger partial charge in [-0.1, -0.05) is 49.3 Å². The monoisotopic (exact) mass is 322 g/mol. The van der Waals surface area contributed by atoms with Gasteiger partial charge in [-0.2, -0.15) is 0 Å². The van der Waals surface area contributed by atoms with Gasteiger partial charge in [0.2, 0.25) is 0 Å². The van der Waals surface area contributed by atoms with E-state index in [1.54, 1.807) is 19.1 Å². The third kappa shape index (κ3) is 6.25. The maximum absolute atomic E-state index is 10.9. The number of aliphatic hydroxyl groups is 3. The average molecular weight is 322 g/mol. The molecule has 0 aromatic heterocycles. The van der Waals surface area contributed by atoms with Crippen LogP contribution in [-0.4, -0.2) is 32.6 Å². The Morgan fingerprint density at radius 3 is 2.26 bits per heavy atom. The normalized spacial score (nSPS) is 40.7. The summed E-state index contributed by atoms with van der Waals surface area (Å²) in [7, 11) is 0. The SMILES string of the molecule is C/C1=C\CC[C@](C)(O)/C=C/[C@@](O)(C(C)C)[C@@H](O)C/C(C)=C/CC1. The summed E-state index contributed by atoms with van der Waals surface area (Å²) in [5.74, 6) is -0.146. The molecular weight excluding hydrogens is 288 g/mol. The summed E-state index contributed by atoms with van der Waals surface area (Å²) in [6, 6.07) is 0. The van der Waals surface area contributed by atoms with Crippen molar-refractivity contribution in [1.82, 2.24) is 0 Å². The van der Waals surface area contributed by atoms with Gasteiger partial charge in [0.05, 0.1) is 11.7 Å². The van der Waals surface area contributed by atoms with E-state index < -0.39 is 17.3 Å². The molecule has 132 valence electrons. The number of hydrogen-bond acceptors (Lipinski definition) is 3. The van der Waals surface area contributed by atoms with Gasteiger partial charge >= 0.3 is 0 Å². The standard InChI is InChI=1S/C20H34O3/c1-15(2)20(23)13-12-19(5,22)11-7-10-16(3)8-6-9-17(4)14-18(20)21/h9-10,12-13,15,18,21-23H,6-8,11,14H2,1-5H3/b13-12+,16-10+,17-9+/t18-,19-,20+/m0/s1. The maximum atomic E-state index is 10.9. The van der Waals surface area contributed by atoms with Crippen molar-refractivity contribution in [1.29, 1.82) is 0 Å². The van der Waals surface area contributed by atoms with Gasteiger partial charge < -0.3 is 15.3 Å². The van der Waals surface area contributed by atoms with Crippen LogP contribution in [0.5, 0.6) is 0 Å². The zero-order valence-electron chi connectivity index (χ0n) is 15.3. The van der Waals surface area contributed by atoms with E-state index in [-0.39, 0.29) is 5.92 Å². The predicted octanol–water partition coefficient (Wildman–Crippen LogP) is 3.90. The Kier molecular flexibility index (Phi) is 7.25. The molecule has 0 bridgehead atoms. The van der Waals surface area contributed by atoms with Crippen molar-refractivity contribution in [2.24, 2.45) is 5.92 Å². The third-order valence-corrected chi connectivity index (χ3v) is 4.86. The van der Waals surface area contributed by atoms with Gasteiger partial charge in [0, 0.05) is 0 Å². The molecule has 0 heterocycles. The molecule has 0 amide bonds. The second kappa shape index (κ2) is 8.27. The predicted molar refractivity (Wildman–Crippen MR) is 96.2 cm³/mol. The molecule has 1 aliphatic carbocycles. The second-order valence-electron chi connectivity index (χ2n) is 7.63. The van der Waals surface area contributed by atoms with Gasteiger partial charge in [-0.15, -0.1) is 0 Å². The van der Waals surface area contributed by atoms with Crippen molar-refractivity contribution in [3.63, 3.8) is 0 Å². The highest BCUT2D eigenvalue weighted by atomic mass is 16.3. The minimum Gasteiger partial charge on any atom is -0.389 e. The van der Waals surface area contributed by atoms with E-state index in [0.29, 0.717) is 12.8 Å². The number of aliphatic hydroxyl groups excluding tert-OH is 1. The molecule has 0 saturated carbocycles. The highest BCUT2D eigenvalue weighted by Crippen LogP contribution is 2.29. The fourth-order valence-electron chi connectivity index (χ4n) is 2.90. The third-order valence-electron chi connectivity index (χ3n) is 4.86. The fraction of sp³-hybridized carbons (Fsp3) is 0.700. The van der Waals surface area contributed by atoms with E-state index in [1.807, 2.05) is 20.8 Å². The summed E-state index contributed by atoms with van der Waals surface area (Å²) in [4.78, 5) is 0. The molecule has 23 heavy (non-hydrogen) atoms. The van der Waals surface area contributed by atoms with Crippen LogP contribution in [0.1, 0.15) is 66.7 Å². The Bertz CT molecular complexity index is 471. The largest absolute Gasteiger partial charge is 0.389 e. The molecule has 0 radical (unpaired) electrons. The van der Waals surface area contributed by atoms with Crippen molar-refractivity contribution < 1.29 is 15.3 Å². The Labute approximate surface area is 141 Å². The lowest BCUT2D eigenvalue weighted by Crippen LogP contribution is -2.46. The van der Waals surface area contributed by atoms with Crippen molar-refractivity contribution in [3.8, 4) is 0 Å². The first-order chi connectivity index (χ1) is 10.6. The average Bonchev–Trinajstić information content (AvgIpc) is 2.43. The van der Waals surface area contributed by atoms with Crippen molar-refractivity contribution >= 4 is 0 Å². The Hall–Kier alpha value is -0.900. The molecule has 0 unspecified atom stereocenters. The summed E-state index contributed by atoms with van der Waals surface area (Å²) in [6.45, 7) is 9.63. The van der Waals surface area contributed by atoms with E-state index in [4.69, 9.17) is 0 Å². The van der Waals surface area contributed by atoms with Gasteiger partial charge in [0.15, 0.2) is 0 Å². The fourth-order valence-corrected chi connectivity index (χ4v) is 2.90. The molecule has 0 spiro atoms. The zero-order valence-corrected chi connectivity index (χ0v) is 15.3. The first-order valence-corrected chi connectivity index (χ1v) is 8.71. The molecule has 0 aliphatic heterocycles. The van der Waals surface area contributed by atoms with Gasteiger partial charge in [0.25, 0.3) is 0 Å². The molecule has 1 aliphatic rings. The van der Waals surface area contributed by atoms with Crippen LogP contribution in [0.25, 0.3) is 0 Å². The van der Waals surface area contributed by atoms with Crippen molar-refractivity contribution in [3.05, 3.63) is 35.5 Å². The number of hydrogen-bond donors (Lipinski definition) is 3. The van der Waals surface area contributed by atoms with Gasteiger partial charge in [-0.3, -0.25) is 0 Å². The summed E-state index contributed by atoms with van der Waals surface area (Å²) in [5, 5.41) is 32.0. The maximum Gasteiger partial charge on any atom is 0.111 e. The topological polar surface area (TPSA) is 60.7 Å². The summed E-state index contributed by atoms with van der Waals surface area (Å²) in [5.41, 5.74) is 0.0790. The van der Waals surface area contributed by atoms with E-state index in [0.717, 1.165) is 24.8 Å². The van der Waals surface area contributed by atoms with Crippen LogP contribution in [0.3, 0.4) is 0 Å². The number of allylic oxidation sites excluding steroid dienone is 3. The molecule has 3 N–H and O–H groups in total. The van der Waals surface area contributed by atoms with Crippen LogP contribution in [0.2, 0.25) is 0 Å². The lowest BCUT2D eigenvalue weighted by Gasteiger charge is -2.35. The van der Waals surface area contributed by atoms with Crippen LogP contribution in [0, 0.1) is 5.92 Å². The van der Waals surface area contributed by atoms with Gasteiger partial charge in [0.1, 0.15) is 5.60 Å². The molecular formula is C20H34O3. The van der Waals surface area contributed by atoms with E-state index >= 15 is 0 Å². The number of rotatable bonds is 1. The summed E-state index contributed by atoms with van der Waals surface area (Å²) in [6.07, 6.45) is 10.4. The first-order valence-electron chi connectivity index (χ1n) is 8.71. The lowest BCUT2D eigenvalue weighted by atomic mass is 9.80. The van der Waals surface area contributed by atoms with Crippen molar-refractivity contribution in [2.75, 3.05) is 0 Å². The Balaban J connectivity index is 3.13. The van der Waals surface area contributed by atoms with Crippen LogP contribution >= 0.6 is 0 Å². The molecule has 0 aromatic rings.